The van der Waals surface area contributed by atoms with Gasteiger partial charge in [0.05, 0.1) is 8.95 Å². The molecule has 0 aliphatic rings. The van der Waals surface area contributed by atoms with Crippen LogP contribution in [0, 0.1) is 0 Å². The standard InChI is InChI=1S/C19H17Br2NO5.CH4/c1-10(2)13-9-12(3-4-16(13)23)27-19-14(20)7-11(8-15(19)21)22-17(24)5-6-18(25)26;/h3-10,23H,1-2H3,(H,22,24)(H,25,26);1H4/b6-5-;. The van der Waals surface area contributed by atoms with Crippen LogP contribution in [-0.4, -0.2) is 22.1 Å². The van der Waals surface area contributed by atoms with Crippen molar-refractivity contribution in [1.82, 2.24) is 0 Å². The Morgan fingerprint density at radius 3 is 2.25 bits per heavy atom. The number of aromatic hydroxyl groups is 1. The van der Waals surface area contributed by atoms with Crippen molar-refractivity contribution in [2.45, 2.75) is 27.2 Å². The fraction of sp³-hybridized carbons (Fsp3) is 0.200. The Balaban J connectivity index is 0.00000392. The van der Waals surface area contributed by atoms with Gasteiger partial charge in [0, 0.05) is 23.4 Å². The summed E-state index contributed by atoms with van der Waals surface area (Å²) < 4.78 is 7.07. The third-order valence-corrected chi connectivity index (χ3v) is 4.66. The number of carboxylic acid groups (broad SMARTS) is 1. The van der Waals surface area contributed by atoms with Gasteiger partial charge in [-0.1, -0.05) is 21.3 Å². The lowest BCUT2D eigenvalue weighted by molar-refractivity contribution is -0.131. The highest BCUT2D eigenvalue weighted by atomic mass is 79.9. The maximum atomic E-state index is 11.7. The molecule has 0 atom stereocenters. The molecule has 0 unspecified atom stereocenters. The van der Waals surface area contributed by atoms with Gasteiger partial charge in [0.2, 0.25) is 5.91 Å². The van der Waals surface area contributed by atoms with Crippen LogP contribution in [-0.2, 0) is 9.59 Å². The van der Waals surface area contributed by atoms with Gasteiger partial charge in [-0.15, -0.1) is 0 Å². The van der Waals surface area contributed by atoms with Crippen LogP contribution < -0.4 is 10.1 Å². The number of phenols is 1. The Kier molecular flexibility index (Phi) is 8.71. The van der Waals surface area contributed by atoms with Crippen LogP contribution in [0.2, 0.25) is 0 Å². The molecule has 0 aromatic heterocycles. The second kappa shape index (κ2) is 10.3. The van der Waals surface area contributed by atoms with Crippen molar-refractivity contribution in [3.05, 3.63) is 57.0 Å². The predicted molar refractivity (Wildman–Crippen MR) is 116 cm³/mol. The quantitative estimate of drug-likeness (QED) is 0.408. The summed E-state index contributed by atoms with van der Waals surface area (Å²) in [6, 6.07) is 8.28. The number of rotatable bonds is 6. The van der Waals surface area contributed by atoms with E-state index in [2.05, 4.69) is 37.2 Å². The number of phenolic OH excluding ortho intramolecular Hbond substituents is 1. The lowest BCUT2D eigenvalue weighted by Crippen LogP contribution is -2.08. The zero-order valence-corrected chi connectivity index (χ0v) is 17.7. The molecule has 3 N–H and O–H groups in total. The van der Waals surface area contributed by atoms with E-state index in [0.29, 0.717) is 26.1 Å². The molecule has 150 valence electrons. The molecule has 0 aliphatic carbocycles. The molecule has 0 saturated heterocycles. The lowest BCUT2D eigenvalue weighted by atomic mass is 10.0. The van der Waals surface area contributed by atoms with Crippen molar-refractivity contribution < 1.29 is 24.5 Å². The van der Waals surface area contributed by atoms with Gasteiger partial charge in [-0.2, -0.15) is 0 Å². The molecule has 2 rings (SSSR count). The first kappa shape index (κ1) is 23.7. The molecule has 0 saturated carbocycles. The van der Waals surface area contributed by atoms with E-state index in [1.165, 1.54) is 0 Å². The minimum atomic E-state index is -1.20. The van der Waals surface area contributed by atoms with Crippen molar-refractivity contribution in [3.63, 3.8) is 0 Å². The second-order valence-corrected chi connectivity index (χ2v) is 7.62. The molecule has 8 heteroatoms. The van der Waals surface area contributed by atoms with Crippen molar-refractivity contribution >= 4 is 49.4 Å². The number of carbonyl (C=O) groups excluding carboxylic acids is 1. The number of carbonyl (C=O) groups is 2. The second-order valence-electron chi connectivity index (χ2n) is 5.91. The highest BCUT2D eigenvalue weighted by molar-refractivity contribution is 9.11. The third-order valence-electron chi connectivity index (χ3n) is 3.48. The van der Waals surface area contributed by atoms with E-state index < -0.39 is 11.9 Å². The largest absolute Gasteiger partial charge is 0.508 e. The van der Waals surface area contributed by atoms with Gasteiger partial charge in [-0.25, -0.2) is 4.79 Å². The Hall–Kier alpha value is -2.32. The number of halogens is 2. The van der Waals surface area contributed by atoms with Crippen LogP contribution in [0.3, 0.4) is 0 Å². The first-order chi connectivity index (χ1) is 12.7. The predicted octanol–water partition coefficient (Wildman–Crippen LogP) is 6.05. The summed E-state index contributed by atoms with van der Waals surface area (Å²) in [6.45, 7) is 3.95. The van der Waals surface area contributed by atoms with Crippen LogP contribution >= 0.6 is 31.9 Å². The SMILES string of the molecule is C.CC(C)c1cc(Oc2c(Br)cc(NC(=O)/C=C\C(=O)O)cc2Br)ccc1O. The summed E-state index contributed by atoms with van der Waals surface area (Å²) in [7, 11) is 0. The number of anilines is 1. The van der Waals surface area contributed by atoms with E-state index in [9.17, 15) is 14.7 Å². The number of aliphatic carboxylic acids is 1. The average Bonchev–Trinajstić information content (AvgIpc) is 2.57. The highest BCUT2D eigenvalue weighted by Crippen LogP contribution is 2.40. The summed E-state index contributed by atoms with van der Waals surface area (Å²) >= 11 is 6.80. The number of hydrogen-bond donors (Lipinski definition) is 3. The minimum Gasteiger partial charge on any atom is -0.508 e. The Morgan fingerprint density at radius 1 is 1.11 bits per heavy atom. The number of benzene rings is 2. The van der Waals surface area contributed by atoms with E-state index >= 15 is 0 Å². The fourth-order valence-electron chi connectivity index (χ4n) is 2.24. The minimum absolute atomic E-state index is 0. The van der Waals surface area contributed by atoms with Crippen molar-refractivity contribution in [2.24, 2.45) is 0 Å². The zero-order chi connectivity index (χ0) is 20.1. The molecule has 0 bridgehead atoms. The topological polar surface area (TPSA) is 95.9 Å². The van der Waals surface area contributed by atoms with Crippen molar-refractivity contribution in [2.75, 3.05) is 5.32 Å². The zero-order valence-electron chi connectivity index (χ0n) is 14.5. The van der Waals surface area contributed by atoms with E-state index in [4.69, 9.17) is 9.84 Å². The number of ether oxygens (including phenoxy) is 1. The van der Waals surface area contributed by atoms with Gasteiger partial charge >= 0.3 is 5.97 Å². The Morgan fingerprint density at radius 2 is 1.71 bits per heavy atom. The molecule has 6 nitrogen and oxygen atoms in total. The molecular weight excluding hydrogens is 494 g/mol. The number of nitrogens with one attached hydrogen (secondary N) is 1. The van der Waals surface area contributed by atoms with Crippen molar-refractivity contribution in [3.8, 4) is 17.2 Å². The number of hydrogen-bond acceptors (Lipinski definition) is 4. The molecule has 1 amide bonds. The molecule has 0 fully saturated rings. The molecule has 2 aromatic carbocycles. The van der Waals surface area contributed by atoms with Gasteiger partial charge < -0.3 is 20.3 Å². The van der Waals surface area contributed by atoms with Crippen LogP contribution in [0.1, 0.15) is 32.8 Å². The molecule has 0 radical (unpaired) electrons. The molecule has 28 heavy (non-hydrogen) atoms. The van der Waals surface area contributed by atoms with Gasteiger partial charge in [-0.05, 0) is 68.1 Å². The van der Waals surface area contributed by atoms with Crippen LogP contribution in [0.4, 0.5) is 5.69 Å². The van der Waals surface area contributed by atoms with Crippen LogP contribution in [0.25, 0.3) is 0 Å². The molecule has 0 aliphatic heterocycles. The lowest BCUT2D eigenvalue weighted by Gasteiger charge is -2.14. The summed E-state index contributed by atoms with van der Waals surface area (Å²) in [6.07, 6.45) is 1.69. The maximum absolute atomic E-state index is 11.7. The first-order valence-electron chi connectivity index (χ1n) is 7.89. The molecule has 0 heterocycles. The van der Waals surface area contributed by atoms with Crippen LogP contribution in [0.15, 0.2) is 51.4 Å². The summed E-state index contributed by atoms with van der Waals surface area (Å²) in [5, 5.41) is 21.0. The monoisotopic (exact) mass is 513 g/mol. The summed E-state index contributed by atoms with van der Waals surface area (Å²) in [5.74, 6) is -0.371. The number of amides is 1. The fourth-order valence-corrected chi connectivity index (χ4v) is 3.59. The van der Waals surface area contributed by atoms with Gasteiger partial charge in [0.15, 0.2) is 5.75 Å². The van der Waals surface area contributed by atoms with Crippen LogP contribution in [0.5, 0.6) is 17.2 Å². The van der Waals surface area contributed by atoms with Gasteiger partial charge in [0.25, 0.3) is 0 Å². The van der Waals surface area contributed by atoms with Gasteiger partial charge in [0.1, 0.15) is 11.5 Å². The Bertz CT molecular complexity index is 886. The summed E-state index contributed by atoms with van der Waals surface area (Å²) in [5.41, 5.74) is 1.23. The molecule has 2 aromatic rings. The summed E-state index contributed by atoms with van der Waals surface area (Å²) in [4.78, 5) is 22.2. The van der Waals surface area contributed by atoms with E-state index in [1.54, 1.807) is 30.3 Å². The third kappa shape index (κ3) is 6.38. The Labute approximate surface area is 180 Å². The van der Waals surface area contributed by atoms with Gasteiger partial charge in [-0.3, -0.25) is 4.79 Å². The van der Waals surface area contributed by atoms with E-state index in [0.717, 1.165) is 17.7 Å². The van der Waals surface area contributed by atoms with E-state index in [1.807, 2.05) is 13.8 Å². The molecular formula is C20H21Br2NO5. The van der Waals surface area contributed by atoms with Crippen molar-refractivity contribution in [1.29, 1.82) is 0 Å². The first-order valence-corrected chi connectivity index (χ1v) is 9.47. The average molecular weight is 515 g/mol. The molecule has 0 spiro atoms. The number of carboxylic acids is 1. The normalized spacial score (nSPS) is 10.6. The highest BCUT2D eigenvalue weighted by Gasteiger charge is 2.13. The van der Waals surface area contributed by atoms with E-state index in [-0.39, 0.29) is 19.1 Å². The maximum Gasteiger partial charge on any atom is 0.328 e. The smallest absolute Gasteiger partial charge is 0.328 e.